The maximum atomic E-state index is 13.4. The summed E-state index contributed by atoms with van der Waals surface area (Å²) in [7, 11) is 0. The molecule has 1 fully saturated rings. The monoisotopic (exact) mass is 398 g/mol. The fraction of sp³-hybridized carbons (Fsp3) is 0.476. The highest BCUT2D eigenvalue weighted by Crippen LogP contribution is 2.32. The first-order chi connectivity index (χ1) is 13.6. The second-order valence-electron chi connectivity index (χ2n) is 7.15. The second kappa shape index (κ2) is 8.01. The molecule has 148 valence electrons. The van der Waals surface area contributed by atoms with Crippen LogP contribution in [0, 0.1) is 6.92 Å². The summed E-state index contributed by atoms with van der Waals surface area (Å²) in [6, 6.07) is 8.09. The highest BCUT2D eigenvalue weighted by atomic mass is 32.1. The van der Waals surface area contributed by atoms with E-state index in [0.717, 1.165) is 53.5 Å². The SMILES string of the molecule is CCc1cccc2sc(N(CC3CCCO3)C(=O)c3cc(C)n(CC)n3)nc12. The molecule has 1 unspecified atom stereocenters. The van der Waals surface area contributed by atoms with Crippen molar-refractivity contribution in [2.45, 2.75) is 52.7 Å². The van der Waals surface area contributed by atoms with Gasteiger partial charge >= 0.3 is 0 Å². The molecule has 28 heavy (non-hydrogen) atoms. The Kier molecular flexibility index (Phi) is 5.46. The van der Waals surface area contributed by atoms with E-state index in [1.807, 2.05) is 24.6 Å². The summed E-state index contributed by atoms with van der Waals surface area (Å²) in [6.45, 7) is 8.14. The van der Waals surface area contributed by atoms with Crippen molar-refractivity contribution >= 4 is 32.6 Å². The summed E-state index contributed by atoms with van der Waals surface area (Å²) in [6.07, 6.45) is 2.98. The van der Waals surface area contributed by atoms with Gasteiger partial charge < -0.3 is 4.74 Å². The molecule has 0 radical (unpaired) electrons. The molecular formula is C21H26N4O2S. The number of fused-ring (bicyclic) bond motifs is 1. The number of rotatable bonds is 6. The molecule has 1 aliphatic heterocycles. The minimum absolute atomic E-state index is 0.0518. The third-order valence-electron chi connectivity index (χ3n) is 5.26. The van der Waals surface area contributed by atoms with Crippen LogP contribution in [0.15, 0.2) is 24.3 Å². The molecule has 0 aliphatic carbocycles. The van der Waals surface area contributed by atoms with Gasteiger partial charge in [0.15, 0.2) is 10.8 Å². The van der Waals surface area contributed by atoms with Crippen LogP contribution in [0.25, 0.3) is 10.2 Å². The number of aromatic nitrogens is 3. The molecule has 3 heterocycles. The van der Waals surface area contributed by atoms with Crippen LogP contribution in [0.3, 0.4) is 0 Å². The number of benzene rings is 1. The number of carbonyl (C=O) groups excluding carboxylic acids is 1. The molecular weight excluding hydrogens is 372 g/mol. The molecule has 1 amide bonds. The van der Waals surface area contributed by atoms with E-state index in [4.69, 9.17) is 9.72 Å². The smallest absolute Gasteiger partial charge is 0.280 e. The minimum Gasteiger partial charge on any atom is -0.376 e. The van der Waals surface area contributed by atoms with E-state index in [2.05, 4.69) is 30.2 Å². The number of ether oxygens (including phenoxy) is 1. The van der Waals surface area contributed by atoms with Crippen LogP contribution in [-0.2, 0) is 17.7 Å². The summed E-state index contributed by atoms with van der Waals surface area (Å²) in [5.41, 5.74) is 3.65. The van der Waals surface area contributed by atoms with Crippen molar-refractivity contribution in [1.29, 1.82) is 0 Å². The van der Waals surface area contributed by atoms with E-state index in [-0.39, 0.29) is 12.0 Å². The quantitative estimate of drug-likeness (QED) is 0.624. The molecule has 2 aromatic heterocycles. The van der Waals surface area contributed by atoms with Crippen molar-refractivity contribution in [3.05, 3.63) is 41.2 Å². The zero-order chi connectivity index (χ0) is 19.7. The van der Waals surface area contributed by atoms with Crippen LogP contribution in [0.2, 0.25) is 0 Å². The number of carbonyl (C=O) groups is 1. The van der Waals surface area contributed by atoms with E-state index in [1.54, 1.807) is 16.2 Å². The molecule has 0 saturated carbocycles. The van der Waals surface area contributed by atoms with Gasteiger partial charge in [0.05, 0.1) is 22.9 Å². The number of anilines is 1. The molecule has 3 aromatic rings. The summed E-state index contributed by atoms with van der Waals surface area (Å²) in [5, 5.41) is 5.22. The average Bonchev–Trinajstić information content (AvgIpc) is 3.44. The molecule has 1 aromatic carbocycles. The van der Waals surface area contributed by atoms with Gasteiger partial charge in [-0.1, -0.05) is 30.4 Å². The van der Waals surface area contributed by atoms with Gasteiger partial charge in [0.2, 0.25) is 0 Å². The number of hydrogen-bond acceptors (Lipinski definition) is 5. The Morgan fingerprint density at radius 2 is 2.25 bits per heavy atom. The van der Waals surface area contributed by atoms with Gasteiger partial charge in [0.25, 0.3) is 5.91 Å². The lowest BCUT2D eigenvalue weighted by Gasteiger charge is -2.22. The van der Waals surface area contributed by atoms with Gasteiger partial charge in [-0.05, 0) is 50.8 Å². The molecule has 4 rings (SSSR count). The second-order valence-corrected chi connectivity index (χ2v) is 8.16. The largest absolute Gasteiger partial charge is 0.376 e. The first-order valence-electron chi connectivity index (χ1n) is 9.97. The lowest BCUT2D eigenvalue weighted by atomic mass is 10.1. The van der Waals surface area contributed by atoms with E-state index in [1.165, 1.54) is 5.56 Å². The van der Waals surface area contributed by atoms with Crippen molar-refractivity contribution in [2.75, 3.05) is 18.1 Å². The molecule has 0 N–H and O–H groups in total. The highest BCUT2D eigenvalue weighted by Gasteiger charge is 2.28. The first-order valence-corrected chi connectivity index (χ1v) is 10.8. The van der Waals surface area contributed by atoms with Gasteiger partial charge in [-0.2, -0.15) is 5.10 Å². The lowest BCUT2D eigenvalue weighted by Crippen LogP contribution is -2.37. The fourth-order valence-corrected chi connectivity index (χ4v) is 4.73. The molecule has 7 heteroatoms. The number of amides is 1. The van der Waals surface area contributed by atoms with E-state index >= 15 is 0 Å². The Bertz CT molecular complexity index is 988. The van der Waals surface area contributed by atoms with E-state index in [0.29, 0.717) is 12.2 Å². The zero-order valence-electron chi connectivity index (χ0n) is 16.6. The molecule has 6 nitrogen and oxygen atoms in total. The van der Waals surface area contributed by atoms with Crippen molar-refractivity contribution in [3.8, 4) is 0 Å². The van der Waals surface area contributed by atoms with Crippen LogP contribution in [0.4, 0.5) is 5.13 Å². The summed E-state index contributed by atoms with van der Waals surface area (Å²) in [5.74, 6) is -0.108. The van der Waals surface area contributed by atoms with Gasteiger partial charge in [0.1, 0.15) is 0 Å². The van der Waals surface area contributed by atoms with Crippen LogP contribution in [-0.4, -0.2) is 39.9 Å². The number of nitrogens with zero attached hydrogens (tertiary/aromatic N) is 4. The average molecular weight is 399 g/mol. The Hall–Kier alpha value is -2.25. The third kappa shape index (κ3) is 3.56. The minimum atomic E-state index is -0.108. The van der Waals surface area contributed by atoms with Crippen molar-refractivity contribution in [3.63, 3.8) is 0 Å². The standard InChI is InChI=1S/C21H26N4O2S/c1-4-15-8-6-10-18-19(15)22-21(28-18)24(13-16-9-7-11-27-16)20(26)17-12-14(3)25(5-2)23-17/h6,8,10,12,16H,4-5,7,9,11,13H2,1-3H3. The topological polar surface area (TPSA) is 60.2 Å². The summed E-state index contributed by atoms with van der Waals surface area (Å²) < 4.78 is 8.78. The van der Waals surface area contributed by atoms with Crippen LogP contribution in [0.5, 0.6) is 0 Å². The van der Waals surface area contributed by atoms with Gasteiger partial charge in [-0.3, -0.25) is 14.4 Å². The zero-order valence-corrected chi connectivity index (χ0v) is 17.5. The highest BCUT2D eigenvalue weighted by molar-refractivity contribution is 7.22. The molecule has 1 saturated heterocycles. The number of thiazole rings is 1. The normalized spacial score (nSPS) is 16.8. The summed E-state index contributed by atoms with van der Waals surface area (Å²) >= 11 is 1.56. The molecule has 0 spiro atoms. The van der Waals surface area contributed by atoms with Gasteiger partial charge in [-0.15, -0.1) is 0 Å². The van der Waals surface area contributed by atoms with E-state index < -0.39 is 0 Å². The first kappa shape index (κ1) is 19.1. The van der Waals surface area contributed by atoms with Crippen molar-refractivity contribution in [2.24, 2.45) is 0 Å². The molecule has 1 atom stereocenters. The maximum Gasteiger partial charge on any atom is 0.280 e. The number of para-hydroxylation sites is 1. The van der Waals surface area contributed by atoms with Crippen LogP contribution < -0.4 is 4.90 Å². The molecule has 1 aliphatic rings. The lowest BCUT2D eigenvalue weighted by molar-refractivity contribution is 0.0912. The third-order valence-corrected chi connectivity index (χ3v) is 6.30. The predicted octanol–water partition coefficient (Wildman–Crippen LogP) is 4.21. The number of hydrogen-bond donors (Lipinski definition) is 0. The van der Waals surface area contributed by atoms with Crippen molar-refractivity contribution < 1.29 is 9.53 Å². The fourth-order valence-electron chi connectivity index (χ4n) is 3.71. The van der Waals surface area contributed by atoms with Crippen LogP contribution in [0.1, 0.15) is 48.4 Å². The Balaban J connectivity index is 1.73. The Labute approximate surface area is 169 Å². The molecule has 0 bridgehead atoms. The predicted molar refractivity (Wildman–Crippen MR) is 112 cm³/mol. The van der Waals surface area contributed by atoms with E-state index in [9.17, 15) is 4.79 Å². The Morgan fingerprint density at radius 3 is 2.93 bits per heavy atom. The maximum absolute atomic E-state index is 13.4. The van der Waals surface area contributed by atoms with Crippen molar-refractivity contribution in [1.82, 2.24) is 14.8 Å². The Morgan fingerprint density at radius 1 is 1.39 bits per heavy atom. The number of aryl methyl sites for hydroxylation is 3. The van der Waals surface area contributed by atoms with Gasteiger partial charge in [-0.25, -0.2) is 4.98 Å². The summed E-state index contributed by atoms with van der Waals surface area (Å²) in [4.78, 5) is 20.0. The van der Waals surface area contributed by atoms with Crippen LogP contribution >= 0.6 is 11.3 Å². The van der Waals surface area contributed by atoms with Gasteiger partial charge in [0, 0.05) is 18.8 Å².